The highest BCUT2D eigenvalue weighted by Gasteiger charge is 2.13. The molecule has 0 saturated heterocycles. The fraction of sp³-hybridized carbons (Fsp3) is 0. The number of aromatic nitrogens is 1. The molecule has 0 radical (unpaired) electrons. The highest BCUT2D eigenvalue weighted by atomic mass is 35.5. The summed E-state index contributed by atoms with van der Waals surface area (Å²) in [5.41, 5.74) is 0.628. The highest BCUT2D eigenvalue weighted by molar-refractivity contribution is 6.37. The Balaban J connectivity index is 2.58. The van der Waals surface area contributed by atoms with Crippen LogP contribution in [0.15, 0.2) is 18.2 Å². The van der Waals surface area contributed by atoms with E-state index < -0.39 is 6.16 Å². The Morgan fingerprint density at radius 1 is 1.40 bits per heavy atom. The number of nitrogens with one attached hydrogen (secondary N) is 1. The van der Waals surface area contributed by atoms with Gasteiger partial charge in [0.25, 0.3) is 0 Å². The first-order chi connectivity index (χ1) is 7.08. The van der Waals surface area contributed by atoms with Gasteiger partial charge in [-0.2, -0.15) is 0 Å². The van der Waals surface area contributed by atoms with E-state index in [4.69, 9.17) is 28.3 Å². The van der Waals surface area contributed by atoms with E-state index in [-0.39, 0.29) is 10.9 Å². The smallest absolute Gasteiger partial charge is 0.449 e. The molecule has 0 aliphatic rings. The van der Waals surface area contributed by atoms with Gasteiger partial charge in [-0.1, -0.05) is 23.2 Å². The molecule has 0 atom stereocenters. The Morgan fingerprint density at radius 2 is 2.13 bits per heavy atom. The van der Waals surface area contributed by atoms with Gasteiger partial charge in [-0.05, 0) is 18.2 Å². The van der Waals surface area contributed by atoms with Gasteiger partial charge in [0, 0.05) is 10.4 Å². The fourth-order valence-electron chi connectivity index (χ4n) is 1.27. The normalized spacial score (nSPS) is 10.5. The number of hydrogen-bond donors (Lipinski definition) is 2. The van der Waals surface area contributed by atoms with Gasteiger partial charge in [-0.25, -0.2) is 4.79 Å². The van der Waals surface area contributed by atoms with Crippen molar-refractivity contribution in [2.45, 2.75) is 0 Å². The Kier molecular flexibility index (Phi) is 2.46. The molecule has 0 spiro atoms. The summed E-state index contributed by atoms with van der Waals surface area (Å²) < 4.78 is 4.46. The van der Waals surface area contributed by atoms with E-state index in [9.17, 15) is 4.79 Å². The largest absolute Gasteiger partial charge is 0.512 e. The minimum atomic E-state index is -1.42. The van der Waals surface area contributed by atoms with Crippen LogP contribution in [0.3, 0.4) is 0 Å². The van der Waals surface area contributed by atoms with Crippen molar-refractivity contribution in [3.8, 4) is 5.88 Å². The van der Waals surface area contributed by atoms with Gasteiger partial charge < -0.3 is 14.8 Å². The van der Waals surface area contributed by atoms with Crippen LogP contribution in [0, 0.1) is 0 Å². The second kappa shape index (κ2) is 3.64. The van der Waals surface area contributed by atoms with E-state index in [0.29, 0.717) is 15.9 Å². The number of ether oxygens (including phenoxy) is 1. The third-order valence-corrected chi connectivity index (χ3v) is 2.47. The molecule has 1 heterocycles. The zero-order valence-corrected chi connectivity index (χ0v) is 8.76. The number of hydrogen-bond acceptors (Lipinski definition) is 2. The van der Waals surface area contributed by atoms with Gasteiger partial charge in [-0.15, -0.1) is 0 Å². The van der Waals surface area contributed by atoms with E-state index in [1.54, 1.807) is 18.2 Å². The van der Waals surface area contributed by atoms with Crippen molar-refractivity contribution in [1.29, 1.82) is 0 Å². The zero-order valence-electron chi connectivity index (χ0n) is 7.25. The summed E-state index contributed by atoms with van der Waals surface area (Å²) in [6, 6.07) is 4.98. The van der Waals surface area contributed by atoms with E-state index in [1.807, 2.05) is 0 Å². The van der Waals surface area contributed by atoms with Gasteiger partial charge >= 0.3 is 6.16 Å². The van der Waals surface area contributed by atoms with Crippen LogP contribution in [0.2, 0.25) is 10.0 Å². The summed E-state index contributed by atoms with van der Waals surface area (Å²) >= 11 is 11.7. The molecule has 1 aromatic carbocycles. The van der Waals surface area contributed by atoms with E-state index in [2.05, 4.69) is 9.72 Å². The van der Waals surface area contributed by atoms with E-state index in [1.165, 1.54) is 0 Å². The van der Waals surface area contributed by atoms with Gasteiger partial charge in [0.2, 0.25) is 5.88 Å². The average Bonchev–Trinajstić information content (AvgIpc) is 2.42. The predicted molar refractivity (Wildman–Crippen MR) is 57.0 cm³/mol. The number of carbonyl (C=O) groups is 1. The third-order valence-electron chi connectivity index (χ3n) is 1.86. The average molecular weight is 246 g/mol. The van der Waals surface area contributed by atoms with Crippen molar-refractivity contribution in [1.82, 2.24) is 4.98 Å². The molecule has 0 amide bonds. The van der Waals surface area contributed by atoms with Crippen LogP contribution in [-0.2, 0) is 0 Å². The zero-order chi connectivity index (χ0) is 11.0. The number of fused-ring (bicyclic) bond motifs is 1. The van der Waals surface area contributed by atoms with Crippen molar-refractivity contribution < 1.29 is 14.6 Å². The van der Waals surface area contributed by atoms with Gasteiger partial charge in [0.1, 0.15) is 5.02 Å². The molecular formula is C9H5Cl2NO3. The molecule has 78 valence electrons. The second-order valence-electron chi connectivity index (χ2n) is 2.83. The molecule has 0 unspecified atom stereocenters. The number of halogens is 2. The first kappa shape index (κ1) is 10.1. The van der Waals surface area contributed by atoms with Gasteiger partial charge in [-0.3, -0.25) is 0 Å². The maximum atomic E-state index is 10.3. The molecule has 4 nitrogen and oxygen atoms in total. The van der Waals surface area contributed by atoms with Crippen LogP contribution < -0.4 is 4.74 Å². The monoisotopic (exact) mass is 245 g/mol. The molecule has 0 aliphatic heterocycles. The summed E-state index contributed by atoms with van der Waals surface area (Å²) in [6.07, 6.45) is -1.42. The first-order valence-corrected chi connectivity index (χ1v) is 4.71. The fourth-order valence-corrected chi connectivity index (χ4v) is 1.69. The first-order valence-electron chi connectivity index (χ1n) is 3.95. The topological polar surface area (TPSA) is 62.3 Å². The second-order valence-corrected chi connectivity index (χ2v) is 3.64. The standard InChI is InChI=1S/C9H5Cl2NO3/c10-4-1-2-5-6(3-4)12-8(7(5)11)15-9(13)14/h1-3,12H,(H,13,14). The minimum Gasteiger partial charge on any atom is -0.449 e. The van der Waals surface area contributed by atoms with Crippen molar-refractivity contribution >= 4 is 40.3 Å². The van der Waals surface area contributed by atoms with Crippen molar-refractivity contribution in [3.05, 3.63) is 28.2 Å². The van der Waals surface area contributed by atoms with Crippen LogP contribution in [0.5, 0.6) is 5.88 Å². The lowest BCUT2D eigenvalue weighted by molar-refractivity contribution is 0.143. The predicted octanol–water partition coefficient (Wildman–Crippen LogP) is 3.53. The minimum absolute atomic E-state index is 0.00133. The van der Waals surface area contributed by atoms with Crippen molar-refractivity contribution in [3.63, 3.8) is 0 Å². The van der Waals surface area contributed by atoms with Gasteiger partial charge in [0.05, 0.1) is 5.52 Å². The summed E-state index contributed by atoms with van der Waals surface area (Å²) in [5, 5.41) is 9.86. The molecule has 0 saturated carbocycles. The van der Waals surface area contributed by atoms with E-state index in [0.717, 1.165) is 0 Å². The molecule has 1 aromatic heterocycles. The summed E-state index contributed by atoms with van der Waals surface area (Å²) in [7, 11) is 0. The lowest BCUT2D eigenvalue weighted by Gasteiger charge is -1.94. The number of rotatable bonds is 1. The lowest BCUT2D eigenvalue weighted by atomic mass is 10.2. The van der Waals surface area contributed by atoms with Gasteiger partial charge in [0.15, 0.2) is 0 Å². The maximum absolute atomic E-state index is 10.3. The third kappa shape index (κ3) is 1.86. The highest BCUT2D eigenvalue weighted by Crippen LogP contribution is 2.34. The molecule has 15 heavy (non-hydrogen) atoms. The Hall–Kier alpha value is -1.39. The van der Waals surface area contributed by atoms with E-state index >= 15 is 0 Å². The quantitative estimate of drug-likeness (QED) is 0.756. The summed E-state index contributed by atoms with van der Waals surface area (Å²) in [5.74, 6) is 0.00133. The van der Waals surface area contributed by atoms with Crippen LogP contribution >= 0.6 is 23.2 Å². The molecular weight excluding hydrogens is 241 g/mol. The number of benzene rings is 1. The number of H-pyrrole nitrogens is 1. The van der Waals surface area contributed by atoms with Crippen LogP contribution in [0.4, 0.5) is 4.79 Å². The van der Waals surface area contributed by atoms with Crippen molar-refractivity contribution in [2.24, 2.45) is 0 Å². The van der Waals surface area contributed by atoms with Crippen molar-refractivity contribution in [2.75, 3.05) is 0 Å². The van der Waals surface area contributed by atoms with Crippen LogP contribution in [0.25, 0.3) is 10.9 Å². The van der Waals surface area contributed by atoms with Crippen LogP contribution in [-0.4, -0.2) is 16.2 Å². The summed E-state index contributed by atoms with van der Waals surface area (Å²) in [6.45, 7) is 0. The summed E-state index contributed by atoms with van der Waals surface area (Å²) in [4.78, 5) is 13.1. The molecule has 0 bridgehead atoms. The number of aromatic amines is 1. The molecule has 0 fully saturated rings. The SMILES string of the molecule is O=C(O)Oc1[nH]c2cc(Cl)ccc2c1Cl. The molecule has 0 aliphatic carbocycles. The maximum Gasteiger partial charge on any atom is 0.512 e. The Labute approximate surface area is 94.4 Å². The Bertz CT molecular complexity index is 535. The number of carboxylic acid groups (broad SMARTS) is 1. The molecule has 2 rings (SSSR count). The Morgan fingerprint density at radius 3 is 2.80 bits per heavy atom. The molecule has 2 N–H and O–H groups in total. The molecule has 6 heteroatoms. The van der Waals surface area contributed by atoms with Crippen LogP contribution in [0.1, 0.15) is 0 Å². The lowest BCUT2D eigenvalue weighted by Crippen LogP contribution is -2.03. The molecule has 2 aromatic rings.